The van der Waals surface area contributed by atoms with Gasteiger partial charge in [0.2, 0.25) is 0 Å². The molecule has 0 aliphatic heterocycles. The molecule has 3 rings (SSSR count). The predicted molar refractivity (Wildman–Crippen MR) is 75.0 cm³/mol. The van der Waals surface area contributed by atoms with Crippen LogP contribution in [0.5, 0.6) is 0 Å². The summed E-state index contributed by atoms with van der Waals surface area (Å²) in [6.07, 6.45) is 6.23. The van der Waals surface area contributed by atoms with Crippen LogP contribution in [0.25, 0.3) is 0 Å². The summed E-state index contributed by atoms with van der Waals surface area (Å²) in [6.45, 7) is 3.87. The molecular formula is C17H15NO2. The van der Waals surface area contributed by atoms with Gasteiger partial charge in [0.1, 0.15) is 5.41 Å². The van der Waals surface area contributed by atoms with Crippen LogP contribution in [0, 0.1) is 17.2 Å². The Hall–Kier alpha value is -2.34. The second-order valence-corrected chi connectivity index (χ2v) is 5.25. The molecule has 0 unspecified atom stereocenters. The Morgan fingerprint density at radius 2 is 2.40 bits per heavy atom. The SMILES string of the molecule is C=C[C@@H]1Cc2cccc3c2[C@@]1(C(=O)OC)C=C[C@H]3C#N. The zero-order valence-corrected chi connectivity index (χ0v) is 11.3. The molecule has 0 saturated heterocycles. The van der Waals surface area contributed by atoms with Gasteiger partial charge in [-0.1, -0.05) is 36.4 Å². The summed E-state index contributed by atoms with van der Waals surface area (Å²) in [5.74, 6) is -0.602. The molecule has 1 aromatic carbocycles. The van der Waals surface area contributed by atoms with E-state index in [1.807, 2.05) is 36.4 Å². The fraction of sp³-hybridized carbons (Fsp3) is 0.294. The van der Waals surface area contributed by atoms with Crippen LogP contribution >= 0.6 is 0 Å². The van der Waals surface area contributed by atoms with Gasteiger partial charge >= 0.3 is 5.97 Å². The number of rotatable bonds is 2. The second kappa shape index (κ2) is 4.35. The first kappa shape index (κ1) is 12.7. The van der Waals surface area contributed by atoms with Gasteiger partial charge in [0.25, 0.3) is 0 Å². The summed E-state index contributed by atoms with van der Waals surface area (Å²) >= 11 is 0. The van der Waals surface area contributed by atoms with Crippen LogP contribution in [0.15, 0.2) is 43.0 Å². The summed E-state index contributed by atoms with van der Waals surface area (Å²) in [7, 11) is 1.40. The lowest BCUT2D eigenvalue weighted by Crippen LogP contribution is -2.41. The van der Waals surface area contributed by atoms with E-state index in [0.29, 0.717) is 0 Å². The fourth-order valence-electron chi connectivity index (χ4n) is 3.57. The lowest BCUT2D eigenvalue weighted by molar-refractivity contribution is -0.146. The molecular weight excluding hydrogens is 250 g/mol. The van der Waals surface area contributed by atoms with E-state index in [1.165, 1.54) is 7.11 Å². The molecule has 20 heavy (non-hydrogen) atoms. The van der Waals surface area contributed by atoms with Crippen LogP contribution in [0.4, 0.5) is 0 Å². The summed E-state index contributed by atoms with van der Waals surface area (Å²) in [5.41, 5.74) is 2.17. The molecule has 1 aromatic rings. The molecule has 0 aromatic heterocycles. The second-order valence-electron chi connectivity index (χ2n) is 5.25. The van der Waals surface area contributed by atoms with E-state index in [2.05, 4.69) is 12.6 Å². The van der Waals surface area contributed by atoms with E-state index in [4.69, 9.17) is 4.74 Å². The van der Waals surface area contributed by atoms with Crippen molar-refractivity contribution in [2.75, 3.05) is 7.11 Å². The molecule has 2 aliphatic carbocycles. The van der Waals surface area contributed by atoms with Crippen LogP contribution in [-0.2, 0) is 21.4 Å². The molecule has 100 valence electrons. The molecule has 0 bridgehead atoms. The zero-order chi connectivity index (χ0) is 14.3. The highest BCUT2D eigenvalue weighted by Crippen LogP contribution is 2.51. The fourth-order valence-corrected chi connectivity index (χ4v) is 3.57. The van der Waals surface area contributed by atoms with Crippen LogP contribution in [-0.4, -0.2) is 13.1 Å². The number of hydrogen-bond acceptors (Lipinski definition) is 3. The molecule has 0 N–H and O–H groups in total. The van der Waals surface area contributed by atoms with E-state index in [9.17, 15) is 10.1 Å². The number of hydrogen-bond donors (Lipinski definition) is 0. The number of nitriles is 1. The highest BCUT2D eigenvalue weighted by atomic mass is 16.5. The van der Waals surface area contributed by atoms with Gasteiger partial charge in [0.05, 0.1) is 19.1 Å². The van der Waals surface area contributed by atoms with E-state index in [1.54, 1.807) is 0 Å². The molecule has 2 aliphatic rings. The largest absolute Gasteiger partial charge is 0.468 e. The van der Waals surface area contributed by atoms with Crippen LogP contribution < -0.4 is 0 Å². The Kier molecular flexibility index (Phi) is 2.76. The Morgan fingerprint density at radius 1 is 1.60 bits per heavy atom. The molecule has 0 spiro atoms. The molecule has 3 atom stereocenters. The first-order valence-corrected chi connectivity index (χ1v) is 6.61. The maximum atomic E-state index is 12.5. The van der Waals surface area contributed by atoms with Crippen molar-refractivity contribution in [2.45, 2.75) is 17.8 Å². The number of benzene rings is 1. The van der Waals surface area contributed by atoms with E-state index >= 15 is 0 Å². The molecule has 3 nitrogen and oxygen atoms in total. The number of carbonyl (C=O) groups is 1. The van der Waals surface area contributed by atoms with E-state index in [-0.39, 0.29) is 17.8 Å². The summed E-state index contributed by atoms with van der Waals surface area (Å²) in [4.78, 5) is 12.5. The van der Waals surface area contributed by atoms with E-state index < -0.39 is 5.41 Å². The van der Waals surface area contributed by atoms with Crippen molar-refractivity contribution in [1.82, 2.24) is 0 Å². The van der Waals surface area contributed by atoms with Crippen molar-refractivity contribution in [3.8, 4) is 6.07 Å². The quantitative estimate of drug-likeness (QED) is 0.610. The lowest BCUT2D eigenvalue weighted by Gasteiger charge is -2.34. The van der Waals surface area contributed by atoms with Crippen molar-refractivity contribution in [3.63, 3.8) is 0 Å². The molecule has 0 saturated carbocycles. The normalized spacial score (nSPS) is 29.4. The van der Waals surface area contributed by atoms with Crippen molar-refractivity contribution >= 4 is 5.97 Å². The van der Waals surface area contributed by atoms with Crippen LogP contribution in [0.2, 0.25) is 0 Å². The zero-order valence-electron chi connectivity index (χ0n) is 11.3. The van der Waals surface area contributed by atoms with Gasteiger partial charge in [-0.05, 0) is 23.1 Å². The molecule has 0 amide bonds. The van der Waals surface area contributed by atoms with Gasteiger partial charge in [0.15, 0.2) is 0 Å². The average molecular weight is 265 g/mol. The number of allylic oxidation sites excluding steroid dienone is 2. The monoisotopic (exact) mass is 265 g/mol. The number of carbonyl (C=O) groups excluding carboxylic acids is 1. The summed E-state index contributed by atoms with van der Waals surface area (Å²) in [6, 6.07) is 8.18. The third kappa shape index (κ3) is 1.36. The minimum atomic E-state index is -0.810. The molecule has 0 heterocycles. The van der Waals surface area contributed by atoms with Gasteiger partial charge < -0.3 is 4.74 Å². The van der Waals surface area contributed by atoms with Gasteiger partial charge in [-0.2, -0.15) is 5.26 Å². The Morgan fingerprint density at radius 3 is 3.05 bits per heavy atom. The van der Waals surface area contributed by atoms with Crippen molar-refractivity contribution < 1.29 is 9.53 Å². The lowest BCUT2D eigenvalue weighted by atomic mass is 9.68. The smallest absolute Gasteiger partial charge is 0.320 e. The first-order valence-electron chi connectivity index (χ1n) is 6.61. The molecule has 0 fully saturated rings. The number of nitrogens with zero attached hydrogens (tertiary/aromatic N) is 1. The van der Waals surface area contributed by atoms with Crippen molar-refractivity contribution in [1.29, 1.82) is 5.26 Å². The third-order valence-electron chi connectivity index (χ3n) is 4.45. The topological polar surface area (TPSA) is 50.1 Å². The highest BCUT2D eigenvalue weighted by Gasteiger charge is 2.53. The minimum Gasteiger partial charge on any atom is -0.468 e. The number of methoxy groups -OCH3 is 1. The third-order valence-corrected chi connectivity index (χ3v) is 4.45. The van der Waals surface area contributed by atoms with Gasteiger partial charge in [-0.15, -0.1) is 6.58 Å². The summed E-state index contributed by atoms with van der Waals surface area (Å²) < 4.78 is 5.05. The molecule has 3 heteroatoms. The van der Waals surface area contributed by atoms with Crippen molar-refractivity contribution in [3.05, 3.63) is 59.7 Å². The maximum absolute atomic E-state index is 12.5. The van der Waals surface area contributed by atoms with Crippen LogP contribution in [0.1, 0.15) is 22.6 Å². The minimum absolute atomic E-state index is 0.0259. The molecule has 0 radical (unpaired) electrons. The van der Waals surface area contributed by atoms with E-state index in [0.717, 1.165) is 23.1 Å². The number of esters is 1. The van der Waals surface area contributed by atoms with Crippen molar-refractivity contribution in [2.24, 2.45) is 5.92 Å². The van der Waals surface area contributed by atoms with Gasteiger partial charge in [-0.3, -0.25) is 4.79 Å². The first-order chi connectivity index (χ1) is 9.68. The maximum Gasteiger partial charge on any atom is 0.320 e. The highest BCUT2D eigenvalue weighted by molar-refractivity contribution is 5.90. The Balaban J connectivity index is 2.33. The predicted octanol–water partition coefficient (Wildman–Crippen LogP) is 2.63. The van der Waals surface area contributed by atoms with Gasteiger partial charge in [0, 0.05) is 5.92 Å². The Bertz CT molecular complexity index is 668. The number of ether oxygens (including phenoxy) is 1. The standard InChI is InChI=1S/C17H15NO2/c1-3-13-9-11-5-4-6-14-12(10-18)7-8-17(13,15(11)14)16(19)20-2/h3-8,12-13H,1,9H2,2H3/t12-,13+,17+/m0/s1. The Labute approximate surface area is 118 Å². The average Bonchev–Trinajstić information content (AvgIpc) is 2.83. The van der Waals surface area contributed by atoms with Crippen LogP contribution in [0.3, 0.4) is 0 Å². The van der Waals surface area contributed by atoms with Gasteiger partial charge in [-0.25, -0.2) is 0 Å². The summed E-state index contributed by atoms with van der Waals surface area (Å²) in [5, 5.41) is 9.30.